The Bertz CT molecular complexity index is 1120. The lowest BCUT2D eigenvalue weighted by atomic mass is 10.1. The molecule has 172 valence electrons. The molecule has 1 aliphatic rings. The van der Waals surface area contributed by atoms with E-state index in [4.69, 9.17) is 14.8 Å². The average molecular weight is 450 g/mol. The van der Waals surface area contributed by atoms with Gasteiger partial charge in [-0.15, -0.1) is 0 Å². The number of aliphatic imine (C=N–C) groups is 1. The fraction of sp³-hybridized carbons (Fsp3) is 0.348. The van der Waals surface area contributed by atoms with Crippen molar-refractivity contribution in [2.75, 3.05) is 44.4 Å². The standard InChI is InChI=1S/C23H27N7O3/c1-17-11-20(18-3-4-21(24-12-18)30-6-9-33-10-7-30)27-23(19-13-26-28(2)14-19)22(17)25-15-29(16-32)5-8-31/h3-4,11-16,31H,5-10H2,1-2H3. The first-order valence-corrected chi connectivity index (χ1v) is 10.7. The molecule has 0 bridgehead atoms. The van der Waals surface area contributed by atoms with Crippen molar-refractivity contribution in [3.63, 3.8) is 0 Å². The number of rotatable bonds is 8. The van der Waals surface area contributed by atoms with Gasteiger partial charge < -0.3 is 19.6 Å². The predicted octanol–water partition coefficient (Wildman–Crippen LogP) is 1.80. The van der Waals surface area contributed by atoms with E-state index in [0.717, 1.165) is 41.3 Å². The summed E-state index contributed by atoms with van der Waals surface area (Å²) in [5.41, 5.74) is 4.66. The normalized spacial score (nSPS) is 14.1. The molecular weight excluding hydrogens is 422 g/mol. The Hall–Kier alpha value is -3.63. The number of ether oxygens (including phenoxy) is 1. The number of morpholine rings is 1. The lowest BCUT2D eigenvalue weighted by molar-refractivity contribution is -0.114. The number of aliphatic hydroxyl groups excluding tert-OH is 1. The van der Waals surface area contributed by atoms with Gasteiger partial charge in [-0.05, 0) is 30.7 Å². The van der Waals surface area contributed by atoms with Crippen LogP contribution in [0.15, 0.2) is 41.8 Å². The number of hydrogen-bond donors (Lipinski definition) is 1. The first-order chi connectivity index (χ1) is 16.1. The topological polar surface area (TPSA) is 109 Å². The quantitative estimate of drug-likeness (QED) is 0.317. The zero-order valence-electron chi connectivity index (χ0n) is 18.8. The third kappa shape index (κ3) is 5.24. The summed E-state index contributed by atoms with van der Waals surface area (Å²) in [5.74, 6) is 0.922. The molecule has 0 radical (unpaired) electrons. The van der Waals surface area contributed by atoms with Gasteiger partial charge in [0, 0.05) is 50.2 Å². The van der Waals surface area contributed by atoms with Crippen LogP contribution in [0.1, 0.15) is 5.56 Å². The maximum absolute atomic E-state index is 11.2. The van der Waals surface area contributed by atoms with Crippen LogP contribution in [-0.4, -0.2) is 82.0 Å². The molecule has 10 heteroatoms. The molecule has 10 nitrogen and oxygen atoms in total. The number of pyridine rings is 2. The van der Waals surface area contributed by atoms with Crippen molar-refractivity contribution in [3.8, 4) is 22.5 Å². The summed E-state index contributed by atoms with van der Waals surface area (Å²) < 4.78 is 7.12. The Morgan fingerprint density at radius 2 is 2.06 bits per heavy atom. The Morgan fingerprint density at radius 3 is 2.70 bits per heavy atom. The van der Waals surface area contributed by atoms with Gasteiger partial charge in [0.2, 0.25) is 6.41 Å². The second kappa shape index (κ2) is 10.3. The van der Waals surface area contributed by atoms with E-state index in [1.54, 1.807) is 10.9 Å². The highest BCUT2D eigenvalue weighted by atomic mass is 16.5. The number of anilines is 1. The van der Waals surface area contributed by atoms with Crippen LogP contribution in [0.5, 0.6) is 0 Å². The second-order valence-electron chi connectivity index (χ2n) is 7.74. The molecule has 0 atom stereocenters. The average Bonchev–Trinajstić information content (AvgIpc) is 3.28. The van der Waals surface area contributed by atoms with Gasteiger partial charge in [0.25, 0.3) is 0 Å². The van der Waals surface area contributed by atoms with Crippen molar-refractivity contribution in [2.45, 2.75) is 6.92 Å². The van der Waals surface area contributed by atoms with Crippen LogP contribution in [0.3, 0.4) is 0 Å². The van der Waals surface area contributed by atoms with Gasteiger partial charge in [0.05, 0.1) is 43.7 Å². The SMILES string of the molecule is Cc1cc(-c2ccc(N3CCOCC3)nc2)nc(-c2cnn(C)c2)c1N=CN(C=O)CCO. The van der Waals surface area contributed by atoms with Gasteiger partial charge in [-0.3, -0.25) is 9.48 Å². The van der Waals surface area contributed by atoms with Gasteiger partial charge >= 0.3 is 0 Å². The highest BCUT2D eigenvalue weighted by Crippen LogP contribution is 2.34. The fourth-order valence-corrected chi connectivity index (χ4v) is 3.62. The van der Waals surface area contributed by atoms with Crippen molar-refractivity contribution in [1.29, 1.82) is 0 Å². The molecule has 0 aromatic carbocycles. The molecule has 3 aromatic heterocycles. The van der Waals surface area contributed by atoms with Crippen molar-refractivity contribution >= 4 is 24.3 Å². The van der Waals surface area contributed by atoms with Crippen LogP contribution in [-0.2, 0) is 16.6 Å². The molecule has 0 aliphatic carbocycles. The van der Waals surface area contributed by atoms with Gasteiger partial charge in [-0.1, -0.05) is 0 Å². The third-order valence-corrected chi connectivity index (χ3v) is 5.37. The molecule has 0 saturated carbocycles. The summed E-state index contributed by atoms with van der Waals surface area (Å²) >= 11 is 0. The first kappa shape index (κ1) is 22.6. The van der Waals surface area contributed by atoms with Crippen LogP contribution in [0, 0.1) is 6.92 Å². The van der Waals surface area contributed by atoms with E-state index < -0.39 is 0 Å². The van der Waals surface area contributed by atoms with Crippen LogP contribution in [0.2, 0.25) is 0 Å². The zero-order valence-corrected chi connectivity index (χ0v) is 18.8. The Morgan fingerprint density at radius 1 is 1.24 bits per heavy atom. The van der Waals surface area contributed by atoms with Crippen molar-refractivity contribution in [3.05, 3.63) is 42.4 Å². The molecule has 33 heavy (non-hydrogen) atoms. The molecule has 1 N–H and O–H groups in total. The van der Waals surface area contributed by atoms with E-state index in [9.17, 15) is 4.79 Å². The zero-order chi connectivity index (χ0) is 23.2. The Balaban J connectivity index is 1.70. The van der Waals surface area contributed by atoms with Crippen LogP contribution < -0.4 is 4.90 Å². The Labute approximate surface area is 192 Å². The Kier molecular flexibility index (Phi) is 7.06. The first-order valence-electron chi connectivity index (χ1n) is 10.7. The summed E-state index contributed by atoms with van der Waals surface area (Å²) in [6.45, 7) is 5.04. The van der Waals surface area contributed by atoms with Crippen molar-refractivity contribution in [1.82, 2.24) is 24.6 Å². The fourth-order valence-electron chi connectivity index (χ4n) is 3.62. The molecular formula is C23H27N7O3. The van der Waals surface area contributed by atoms with Crippen molar-refractivity contribution < 1.29 is 14.6 Å². The molecule has 4 heterocycles. The van der Waals surface area contributed by atoms with E-state index in [1.165, 1.54) is 11.2 Å². The number of aryl methyl sites for hydroxylation is 2. The molecule has 1 amide bonds. The second-order valence-corrected chi connectivity index (χ2v) is 7.74. The lowest BCUT2D eigenvalue weighted by Crippen LogP contribution is -2.36. The minimum Gasteiger partial charge on any atom is -0.395 e. The largest absolute Gasteiger partial charge is 0.395 e. The molecule has 4 rings (SSSR count). The summed E-state index contributed by atoms with van der Waals surface area (Å²) in [4.78, 5) is 28.8. The van der Waals surface area contributed by atoms with Crippen LogP contribution in [0.25, 0.3) is 22.5 Å². The number of nitrogens with zero attached hydrogens (tertiary/aromatic N) is 7. The molecule has 0 spiro atoms. The number of hydrogen-bond acceptors (Lipinski definition) is 8. The van der Waals surface area contributed by atoms with E-state index in [-0.39, 0.29) is 13.2 Å². The van der Waals surface area contributed by atoms with E-state index in [0.29, 0.717) is 31.0 Å². The molecule has 1 saturated heterocycles. The summed E-state index contributed by atoms with van der Waals surface area (Å²) in [5, 5.41) is 13.4. The maximum atomic E-state index is 11.2. The number of aromatic nitrogens is 4. The number of aliphatic hydroxyl groups is 1. The van der Waals surface area contributed by atoms with Gasteiger partial charge in [-0.2, -0.15) is 5.10 Å². The maximum Gasteiger partial charge on any atom is 0.214 e. The smallest absolute Gasteiger partial charge is 0.214 e. The monoisotopic (exact) mass is 449 g/mol. The van der Waals surface area contributed by atoms with Gasteiger partial charge in [0.1, 0.15) is 11.5 Å². The molecule has 3 aromatic rings. The van der Waals surface area contributed by atoms with Gasteiger partial charge in [-0.25, -0.2) is 15.0 Å². The van der Waals surface area contributed by atoms with Crippen LogP contribution >= 0.6 is 0 Å². The summed E-state index contributed by atoms with van der Waals surface area (Å²) in [6, 6.07) is 5.98. The van der Waals surface area contributed by atoms with E-state index in [2.05, 4.69) is 20.0 Å². The summed E-state index contributed by atoms with van der Waals surface area (Å²) in [6.07, 6.45) is 7.47. The molecule has 0 unspecified atom stereocenters. The van der Waals surface area contributed by atoms with Gasteiger partial charge in [0.15, 0.2) is 0 Å². The number of carbonyl (C=O) groups excluding carboxylic acids is 1. The van der Waals surface area contributed by atoms with E-state index in [1.807, 2.05) is 44.6 Å². The molecule has 1 fully saturated rings. The lowest BCUT2D eigenvalue weighted by Gasteiger charge is -2.27. The van der Waals surface area contributed by atoms with E-state index >= 15 is 0 Å². The minimum atomic E-state index is -0.149. The number of amides is 1. The highest BCUT2D eigenvalue weighted by Gasteiger charge is 2.16. The predicted molar refractivity (Wildman–Crippen MR) is 125 cm³/mol. The van der Waals surface area contributed by atoms with Crippen LogP contribution in [0.4, 0.5) is 11.5 Å². The summed E-state index contributed by atoms with van der Waals surface area (Å²) in [7, 11) is 1.84. The number of carbonyl (C=O) groups is 1. The third-order valence-electron chi connectivity index (χ3n) is 5.37. The minimum absolute atomic E-state index is 0.149. The van der Waals surface area contributed by atoms with Crippen molar-refractivity contribution in [2.24, 2.45) is 12.0 Å². The highest BCUT2D eigenvalue weighted by molar-refractivity contribution is 5.82. The molecule has 1 aliphatic heterocycles.